The zero-order valence-corrected chi connectivity index (χ0v) is 13.7. The van der Waals surface area contributed by atoms with E-state index in [9.17, 15) is 0 Å². The van der Waals surface area contributed by atoms with E-state index in [1.54, 1.807) is 0 Å². The van der Waals surface area contributed by atoms with Gasteiger partial charge in [0, 0.05) is 10.5 Å². The molecule has 3 heteroatoms. The molecule has 3 N–H and O–H groups in total. The van der Waals surface area contributed by atoms with Gasteiger partial charge in [-0.25, -0.2) is 0 Å². The highest BCUT2D eigenvalue weighted by Gasteiger charge is 2.30. The van der Waals surface area contributed by atoms with Crippen molar-refractivity contribution in [3.05, 3.63) is 33.8 Å². The summed E-state index contributed by atoms with van der Waals surface area (Å²) in [6, 6.07) is 6.85. The Balaban J connectivity index is 2.19. The first-order chi connectivity index (χ1) is 9.01. The largest absolute Gasteiger partial charge is 0.271 e. The fourth-order valence-electron chi connectivity index (χ4n) is 3.34. The highest BCUT2D eigenvalue weighted by molar-refractivity contribution is 9.10. The molecule has 0 saturated heterocycles. The van der Waals surface area contributed by atoms with Crippen LogP contribution in [0.25, 0.3) is 0 Å². The van der Waals surface area contributed by atoms with Gasteiger partial charge in [0.05, 0.1) is 0 Å². The molecule has 1 fully saturated rings. The minimum atomic E-state index is 0.270. The maximum Gasteiger partial charge on any atom is 0.0488 e. The van der Waals surface area contributed by atoms with Gasteiger partial charge in [0.1, 0.15) is 0 Å². The topological polar surface area (TPSA) is 38.0 Å². The standard InChI is InChI=1S/C16H25BrN2/c1-10-6-14(9-15(17)7-10)16(19-18)13-5-4-11(2)12(3)8-13/h6-7,9,11-13,16,19H,4-5,8,18H2,1-3H3. The molecule has 4 atom stereocenters. The van der Waals surface area contributed by atoms with E-state index in [0.29, 0.717) is 5.92 Å². The van der Waals surface area contributed by atoms with Crippen LogP contribution in [0.5, 0.6) is 0 Å². The Labute approximate surface area is 125 Å². The Bertz CT molecular complexity index is 413. The van der Waals surface area contributed by atoms with Gasteiger partial charge in [0.25, 0.3) is 0 Å². The number of rotatable bonds is 3. The lowest BCUT2D eigenvalue weighted by Gasteiger charge is -2.36. The summed E-state index contributed by atoms with van der Waals surface area (Å²) in [6.45, 7) is 6.87. The molecular weight excluding hydrogens is 300 g/mol. The molecule has 1 aromatic rings. The number of hydrogen-bond acceptors (Lipinski definition) is 2. The second-order valence-corrected chi connectivity index (χ2v) is 7.15. The number of hydrogen-bond donors (Lipinski definition) is 2. The molecule has 0 heterocycles. The van der Waals surface area contributed by atoms with Crippen LogP contribution in [0.4, 0.5) is 0 Å². The van der Waals surface area contributed by atoms with Gasteiger partial charge >= 0.3 is 0 Å². The van der Waals surface area contributed by atoms with E-state index < -0.39 is 0 Å². The van der Waals surface area contributed by atoms with Gasteiger partial charge in [-0.2, -0.15) is 0 Å². The zero-order valence-electron chi connectivity index (χ0n) is 12.1. The molecule has 0 aromatic heterocycles. The molecule has 1 aliphatic rings. The Kier molecular flexibility index (Phi) is 5.04. The number of halogens is 1. The lowest BCUT2D eigenvalue weighted by Crippen LogP contribution is -2.37. The second kappa shape index (κ2) is 6.38. The first-order valence-electron chi connectivity index (χ1n) is 7.24. The van der Waals surface area contributed by atoms with E-state index in [1.807, 2.05) is 0 Å². The smallest absolute Gasteiger partial charge is 0.0488 e. The third kappa shape index (κ3) is 3.59. The van der Waals surface area contributed by atoms with Crippen molar-refractivity contribution in [1.29, 1.82) is 0 Å². The van der Waals surface area contributed by atoms with Gasteiger partial charge < -0.3 is 0 Å². The van der Waals surface area contributed by atoms with Gasteiger partial charge in [-0.3, -0.25) is 11.3 Å². The van der Waals surface area contributed by atoms with Crippen LogP contribution in [-0.4, -0.2) is 0 Å². The van der Waals surface area contributed by atoms with Gasteiger partial charge in [0.2, 0.25) is 0 Å². The molecule has 4 unspecified atom stereocenters. The molecule has 0 amide bonds. The molecule has 0 radical (unpaired) electrons. The highest BCUT2D eigenvalue weighted by Crippen LogP contribution is 2.40. The number of hydrazine groups is 1. The van der Waals surface area contributed by atoms with Gasteiger partial charge in [-0.1, -0.05) is 42.3 Å². The molecular formula is C16H25BrN2. The first kappa shape index (κ1) is 15.0. The Morgan fingerprint density at radius 3 is 2.53 bits per heavy atom. The van der Waals surface area contributed by atoms with Crippen molar-refractivity contribution < 1.29 is 0 Å². The van der Waals surface area contributed by atoms with Crippen molar-refractivity contribution in [2.75, 3.05) is 0 Å². The number of benzene rings is 1. The third-order valence-electron chi connectivity index (χ3n) is 4.71. The van der Waals surface area contributed by atoms with Crippen molar-refractivity contribution >= 4 is 15.9 Å². The minimum Gasteiger partial charge on any atom is -0.271 e. The fourth-order valence-corrected chi connectivity index (χ4v) is 3.97. The van der Waals surface area contributed by atoms with Crippen LogP contribution in [0, 0.1) is 24.7 Å². The Morgan fingerprint density at radius 1 is 1.21 bits per heavy atom. The summed E-state index contributed by atoms with van der Waals surface area (Å²) in [4.78, 5) is 0. The molecule has 2 rings (SSSR count). The van der Waals surface area contributed by atoms with Gasteiger partial charge in [0.15, 0.2) is 0 Å². The number of nitrogens with two attached hydrogens (primary N) is 1. The lowest BCUT2D eigenvalue weighted by molar-refractivity contribution is 0.171. The van der Waals surface area contributed by atoms with E-state index in [1.165, 1.54) is 30.4 Å². The average molecular weight is 325 g/mol. The van der Waals surface area contributed by atoms with Crippen molar-refractivity contribution in [2.24, 2.45) is 23.6 Å². The van der Waals surface area contributed by atoms with Crippen LogP contribution in [0.15, 0.2) is 22.7 Å². The monoisotopic (exact) mass is 324 g/mol. The predicted octanol–water partition coefficient (Wildman–Crippen LogP) is 4.33. The highest BCUT2D eigenvalue weighted by atomic mass is 79.9. The van der Waals surface area contributed by atoms with Crippen LogP contribution >= 0.6 is 15.9 Å². The lowest BCUT2D eigenvalue weighted by atomic mass is 9.72. The van der Waals surface area contributed by atoms with Crippen molar-refractivity contribution in [3.63, 3.8) is 0 Å². The second-order valence-electron chi connectivity index (χ2n) is 6.23. The number of aryl methyl sites for hydroxylation is 1. The van der Waals surface area contributed by atoms with Crippen LogP contribution in [-0.2, 0) is 0 Å². The molecule has 0 spiro atoms. The van der Waals surface area contributed by atoms with E-state index in [-0.39, 0.29) is 6.04 Å². The summed E-state index contributed by atoms with van der Waals surface area (Å²) in [5, 5.41) is 0. The molecule has 1 aromatic carbocycles. The van der Waals surface area contributed by atoms with Crippen molar-refractivity contribution in [2.45, 2.75) is 46.1 Å². The molecule has 0 bridgehead atoms. The van der Waals surface area contributed by atoms with Crippen LogP contribution in [0.2, 0.25) is 0 Å². The molecule has 19 heavy (non-hydrogen) atoms. The summed E-state index contributed by atoms with van der Waals surface area (Å²) >= 11 is 3.59. The molecule has 1 saturated carbocycles. The fraction of sp³-hybridized carbons (Fsp3) is 0.625. The Morgan fingerprint density at radius 2 is 1.95 bits per heavy atom. The maximum atomic E-state index is 5.85. The Hall–Kier alpha value is -0.380. The average Bonchev–Trinajstić information content (AvgIpc) is 2.33. The maximum absolute atomic E-state index is 5.85. The van der Waals surface area contributed by atoms with E-state index in [4.69, 9.17) is 5.84 Å². The molecule has 2 nitrogen and oxygen atoms in total. The summed E-state index contributed by atoms with van der Waals surface area (Å²) in [5.41, 5.74) is 5.64. The van der Waals surface area contributed by atoms with Gasteiger partial charge in [-0.05, 0) is 60.8 Å². The predicted molar refractivity (Wildman–Crippen MR) is 84.6 cm³/mol. The third-order valence-corrected chi connectivity index (χ3v) is 5.17. The zero-order chi connectivity index (χ0) is 14.0. The molecule has 0 aliphatic heterocycles. The van der Waals surface area contributed by atoms with E-state index >= 15 is 0 Å². The molecule has 106 valence electrons. The normalized spacial score (nSPS) is 29.2. The number of nitrogens with one attached hydrogen (secondary N) is 1. The molecule has 1 aliphatic carbocycles. The summed E-state index contributed by atoms with van der Waals surface area (Å²) in [7, 11) is 0. The SMILES string of the molecule is Cc1cc(Br)cc(C(NN)C2CCC(C)C(C)C2)c1. The minimum absolute atomic E-state index is 0.270. The van der Waals surface area contributed by atoms with Gasteiger partial charge in [-0.15, -0.1) is 0 Å². The summed E-state index contributed by atoms with van der Waals surface area (Å²) in [5.74, 6) is 8.13. The first-order valence-corrected chi connectivity index (χ1v) is 8.03. The van der Waals surface area contributed by atoms with Crippen LogP contribution in [0.1, 0.15) is 50.3 Å². The van der Waals surface area contributed by atoms with Crippen LogP contribution in [0.3, 0.4) is 0 Å². The van der Waals surface area contributed by atoms with Crippen molar-refractivity contribution in [1.82, 2.24) is 5.43 Å². The quantitative estimate of drug-likeness (QED) is 0.641. The van der Waals surface area contributed by atoms with Crippen LogP contribution < -0.4 is 11.3 Å². The van der Waals surface area contributed by atoms with E-state index in [0.717, 1.165) is 16.3 Å². The van der Waals surface area contributed by atoms with Crippen molar-refractivity contribution in [3.8, 4) is 0 Å². The summed E-state index contributed by atoms with van der Waals surface area (Å²) in [6.07, 6.45) is 3.85. The van der Waals surface area contributed by atoms with E-state index in [2.05, 4.69) is 60.3 Å². The summed E-state index contributed by atoms with van der Waals surface area (Å²) < 4.78 is 1.14.